The average molecular weight is 204 g/mol. The van der Waals surface area contributed by atoms with E-state index in [9.17, 15) is 0 Å². The predicted molar refractivity (Wildman–Crippen MR) is 55.4 cm³/mol. The Bertz CT molecular complexity index is 435. The van der Waals surface area contributed by atoms with Crippen LogP contribution in [-0.4, -0.2) is 24.7 Å². The molecule has 0 aliphatic rings. The highest BCUT2D eigenvalue weighted by Gasteiger charge is 2.08. The van der Waals surface area contributed by atoms with E-state index in [2.05, 4.69) is 27.0 Å². The van der Waals surface area contributed by atoms with Gasteiger partial charge in [0.25, 0.3) is 0 Å². The van der Waals surface area contributed by atoms with Crippen molar-refractivity contribution in [3.63, 3.8) is 0 Å². The third kappa shape index (κ3) is 1.93. The average Bonchev–Trinajstić information content (AvgIpc) is 2.61. The lowest BCUT2D eigenvalue weighted by Gasteiger charge is -1.98. The van der Waals surface area contributed by atoms with Gasteiger partial charge in [-0.1, -0.05) is 6.92 Å². The van der Waals surface area contributed by atoms with Gasteiger partial charge in [0.15, 0.2) is 11.6 Å². The van der Waals surface area contributed by atoms with Gasteiger partial charge in [0, 0.05) is 18.8 Å². The minimum Gasteiger partial charge on any atom is -0.368 e. The summed E-state index contributed by atoms with van der Waals surface area (Å²) in [6, 6.07) is 0. The molecule has 15 heavy (non-hydrogen) atoms. The Labute approximate surface area is 87.2 Å². The van der Waals surface area contributed by atoms with Gasteiger partial charge < -0.3 is 5.73 Å². The van der Waals surface area contributed by atoms with Crippen molar-refractivity contribution in [3.05, 3.63) is 24.4 Å². The zero-order valence-electron chi connectivity index (χ0n) is 8.46. The number of hydrogen-bond acceptors (Lipinski definition) is 5. The van der Waals surface area contributed by atoms with Crippen molar-refractivity contribution in [3.8, 4) is 5.82 Å². The third-order valence-electron chi connectivity index (χ3n) is 1.92. The van der Waals surface area contributed by atoms with Crippen LogP contribution in [-0.2, 0) is 6.42 Å². The lowest BCUT2D eigenvalue weighted by Crippen LogP contribution is -2.04. The molecule has 2 aromatic rings. The fourth-order valence-corrected chi connectivity index (χ4v) is 1.27. The summed E-state index contributed by atoms with van der Waals surface area (Å²) in [7, 11) is 0. The number of anilines is 1. The number of rotatable bonds is 3. The molecular formula is C9H12N6. The molecule has 0 atom stereocenters. The Morgan fingerprint density at radius 3 is 2.93 bits per heavy atom. The summed E-state index contributed by atoms with van der Waals surface area (Å²) < 4.78 is 1.50. The van der Waals surface area contributed by atoms with Crippen molar-refractivity contribution in [1.82, 2.24) is 24.7 Å². The topological polar surface area (TPSA) is 82.5 Å². The summed E-state index contributed by atoms with van der Waals surface area (Å²) in [6.07, 6.45) is 6.60. The van der Waals surface area contributed by atoms with Crippen molar-refractivity contribution < 1.29 is 0 Å². The van der Waals surface area contributed by atoms with Crippen molar-refractivity contribution in [2.75, 3.05) is 5.73 Å². The van der Waals surface area contributed by atoms with Gasteiger partial charge in [-0.15, -0.1) is 5.10 Å². The van der Waals surface area contributed by atoms with Crippen LogP contribution in [0.1, 0.15) is 19.2 Å². The van der Waals surface area contributed by atoms with Gasteiger partial charge >= 0.3 is 0 Å². The molecule has 0 amide bonds. The van der Waals surface area contributed by atoms with E-state index >= 15 is 0 Å². The second-order valence-electron chi connectivity index (χ2n) is 3.11. The molecule has 2 heterocycles. The van der Waals surface area contributed by atoms with Crippen LogP contribution in [0, 0.1) is 0 Å². The molecule has 2 aromatic heterocycles. The first kappa shape index (κ1) is 9.57. The Balaban J connectivity index is 2.36. The smallest absolute Gasteiger partial charge is 0.225 e. The van der Waals surface area contributed by atoms with E-state index < -0.39 is 0 Å². The standard InChI is InChI=1S/C9H12N6/c1-2-3-7-13-9(10)15(14-7)8-6-11-4-5-12-8/h4-6H,2-3H2,1H3,(H2,10,13,14). The van der Waals surface area contributed by atoms with Crippen LogP contribution < -0.4 is 5.73 Å². The maximum absolute atomic E-state index is 5.73. The van der Waals surface area contributed by atoms with Gasteiger partial charge in [-0.2, -0.15) is 9.67 Å². The van der Waals surface area contributed by atoms with Crippen LogP contribution in [0.3, 0.4) is 0 Å². The highest BCUT2D eigenvalue weighted by Crippen LogP contribution is 2.08. The lowest BCUT2D eigenvalue weighted by molar-refractivity contribution is 0.785. The van der Waals surface area contributed by atoms with E-state index in [0.717, 1.165) is 18.7 Å². The van der Waals surface area contributed by atoms with Crippen molar-refractivity contribution in [2.45, 2.75) is 19.8 Å². The molecule has 2 N–H and O–H groups in total. The van der Waals surface area contributed by atoms with Crippen LogP contribution in [0.4, 0.5) is 5.95 Å². The van der Waals surface area contributed by atoms with Crippen LogP contribution in [0.2, 0.25) is 0 Å². The Kier molecular flexibility index (Phi) is 2.57. The molecule has 0 fully saturated rings. The number of nitrogen functional groups attached to an aromatic ring is 1. The molecule has 6 nitrogen and oxygen atoms in total. The quantitative estimate of drug-likeness (QED) is 0.791. The Morgan fingerprint density at radius 2 is 2.27 bits per heavy atom. The summed E-state index contributed by atoms with van der Waals surface area (Å²) in [4.78, 5) is 12.2. The van der Waals surface area contributed by atoms with Gasteiger partial charge in [0.1, 0.15) is 0 Å². The van der Waals surface area contributed by atoms with E-state index in [4.69, 9.17) is 5.73 Å². The minimum atomic E-state index is 0.346. The fourth-order valence-electron chi connectivity index (χ4n) is 1.27. The number of aromatic nitrogens is 5. The molecule has 0 saturated heterocycles. The van der Waals surface area contributed by atoms with Crippen LogP contribution in [0.15, 0.2) is 18.6 Å². The summed E-state index contributed by atoms with van der Waals surface area (Å²) in [5, 5.41) is 4.25. The number of nitrogens with zero attached hydrogens (tertiary/aromatic N) is 5. The highest BCUT2D eigenvalue weighted by molar-refractivity contribution is 5.29. The molecule has 78 valence electrons. The first-order valence-electron chi connectivity index (χ1n) is 4.79. The molecule has 0 spiro atoms. The molecule has 0 saturated carbocycles. The first-order chi connectivity index (χ1) is 7.31. The van der Waals surface area contributed by atoms with Crippen molar-refractivity contribution in [1.29, 1.82) is 0 Å². The summed E-state index contributed by atoms with van der Waals surface area (Å²) >= 11 is 0. The van der Waals surface area contributed by atoms with E-state index in [-0.39, 0.29) is 0 Å². The van der Waals surface area contributed by atoms with E-state index in [1.54, 1.807) is 18.6 Å². The zero-order chi connectivity index (χ0) is 10.7. The molecule has 0 bridgehead atoms. The number of nitrogens with two attached hydrogens (primary N) is 1. The first-order valence-corrected chi connectivity index (χ1v) is 4.79. The van der Waals surface area contributed by atoms with E-state index in [1.807, 2.05) is 0 Å². The molecule has 2 rings (SSSR count). The van der Waals surface area contributed by atoms with Crippen LogP contribution in [0.5, 0.6) is 0 Å². The molecule has 0 unspecified atom stereocenters. The number of aryl methyl sites for hydroxylation is 1. The monoisotopic (exact) mass is 204 g/mol. The Hall–Kier alpha value is -1.98. The van der Waals surface area contributed by atoms with Crippen molar-refractivity contribution >= 4 is 5.95 Å². The number of hydrogen-bond donors (Lipinski definition) is 1. The van der Waals surface area contributed by atoms with Crippen LogP contribution in [0.25, 0.3) is 5.82 Å². The largest absolute Gasteiger partial charge is 0.368 e. The summed E-state index contributed by atoms with van der Waals surface area (Å²) in [5.41, 5.74) is 5.73. The molecule has 0 radical (unpaired) electrons. The Morgan fingerprint density at radius 1 is 1.40 bits per heavy atom. The van der Waals surface area contributed by atoms with Gasteiger partial charge in [-0.25, -0.2) is 4.98 Å². The van der Waals surface area contributed by atoms with Gasteiger partial charge in [0.2, 0.25) is 5.95 Å². The predicted octanol–water partition coefficient (Wildman–Crippen LogP) is 0.592. The summed E-state index contributed by atoms with van der Waals surface area (Å²) in [5.74, 6) is 1.67. The molecule has 0 aromatic carbocycles. The van der Waals surface area contributed by atoms with Crippen molar-refractivity contribution in [2.24, 2.45) is 0 Å². The zero-order valence-corrected chi connectivity index (χ0v) is 8.46. The van der Waals surface area contributed by atoms with Gasteiger partial charge in [0.05, 0.1) is 6.20 Å². The maximum Gasteiger partial charge on any atom is 0.225 e. The SMILES string of the molecule is CCCc1nc(N)n(-c2cnccn2)n1. The lowest BCUT2D eigenvalue weighted by atomic mass is 10.3. The summed E-state index contributed by atoms with van der Waals surface area (Å²) in [6.45, 7) is 2.07. The molecule has 6 heteroatoms. The molecule has 0 aliphatic carbocycles. The highest BCUT2D eigenvalue weighted by atomic mass is 15.4. The van der Waals surface area contributed by atoms with Gasteiger partial charge in [-0.05, 0) is 6.42 Å². The van der Waals surface area contributed by atoms with E-state index in [1.165, 1.54) is 4.68 Å². The van der Waals surface area contributed by atoms with Crippen LogP contribution >= 0.6 is 0 Å². The third-order valence-corrected chi connectivity index (χ3v) is 1.92. The maximum atomic E-state index is 5.73. The second kappa shape index (κ2) is 4.04. The second-order valence-corrected chi connectivity index (χ2v) is 3.11. The molecular weight excluding hydrogens is 192 g/mol. The normalized spacial score (nSPS) is 10.5. The molecule has 0 aliphatic heterocycles. The minimum absolute atomic E-state index is 0.346. The van der Waals surface area contributed by atoms with E-state index in [0.29, 0.717) is 11.8 Å². The fraction of sp³-hybridized carbons (Fsp3) is 0.333. The van der Waals surface area contributed by atoms with Gasteiger partial charge in [-0.3, -0.25) is 4.98 Å².